The predicted octanol–water partition coefficient (Wildman–Crippen LogP) is 1.56. The van der Waals surface area contributed by atoms with Crippen LogP contribution in [0.1, 0.15) is 15.9 Å². The van der Waals surface area contributed by atoms with E-state index in [2.05, 4.69) is 10.6 Å². The molecule has 0 aliphatic heterocycles. The minimum Gasteiger partial charge on any atom is -0.497 e. The van der Waals surface area contributed by atoms with Gasteiger partial charge >= 0.3 is 5.97 Å². The maximum atomic E-state index is 13.5. The van der Waals surface area contributed by atoms with Crippen LogP contribution in [0.15, 0.2) is 42.5 Å². The lowest BCUT2D eigenvalue weighted by Gasteiger charge is -2.08. The first-order valence-electron chi connectivity index (χ1n) is 8.17. The molecule has 148 valence electrons. The van der Waals surface area contributed by atoms with Crippen molar-refractivity contribution in [2.75, 3.05) is 20.3 Å². The Bertz CT molecular complexity index is 856. The van der Waals surface area contributed by atoms with Crippen molar-refractivity contribution >= 4 is 17.8 Å². The van der Waals surface area contributed by atoms with Crippen LogP contribution >= 0.6 is 0 Å². The number of carbonyl (C=O) groups is 3. The highest BCUT2D eigenvalue weighted by molar-refractivity contribution is 5.96. The van der Waals surface area contributed by atoms with Crippen LogP contribution < -0.4 is 15.4 Å². The van der Waals surface area contributed by atoms with Gasteiger partial charge in [-0.15, -0.1) is 0 Å². The van der Waals surface area contributed by atoms with Gasteiger partial charge in [-0.05, 0) is 29.8 Å². The van der Waals surface area contributed by atoms with Gasteiger partial charge in [0.25, 0.3) is 11.8 Å². The van der Waals surface area contributed by atoms with E-state index < -0.39 is 48.1 Å². The van der Waals surface area contributed by atoms with Crippen molar-refractivity contribution in [2.24, 2.45) is 0 Å². The molecule has 0 spiro atoms. The fraction of sp³-hybridized carbons (Fsp3) is 0.211. The molecule has 9 heteroatoms. The van der Waals surface area contributed by atoms with Gasteiger partial charge in [0.2, 0.25) is 0 Å². The lowest BCUT2D eigenvalue weighted by Crippen LogP contribution is -2.34. The van der Waals surface area contributed by atoms with Crippen molar-refractivity contribution in [1.82, 2.24) is 10.6 Å². The van der Waals surface area contributed by atoms with E-state index in [-0.39, 0.29) is 6.54 Å². The molecule has 0 aliphatic rings. The molecule has 2 N–H and O–H groups in total. The quantitative estimate of drug-likeness (QED) is 0.665. The number of ether oxygens (including phenoxy) is 2. The van der Waals surface area contributed by atoms with Crippen LogP contribution in [0.5, 0.6) is 5.75 Å². The molecular weight excluding hydrogens is 374 g/mol. The van der Waals surface area contributed by atoms with Crippen molar-refractivity contribution in [3.63, 3.8) is 0 Å². The molecule has 0 radical (unpaired) electrons. The molecule has 28 heavy (non-hydrogen) atoms. The van der Waals surface area contributed by atoms with E-state index in [1.165, 1.54) is 0 Å². The van der Waals surface area contributed by atoms with Crippen LogP contribution in [0.25, 0.3) is 0 Å². The zero-order valence-corrected chi connectivity index (χ0v) is 15.0. The number of amides is 2. The summed E-state index contributed by atoms with van der Waals surface area (Å²) in [6, 6.07) is 9.47. The second-order valence-corrected chi connectivity index (χ2v) is 5.59. The van der Waals surface area contributed by atoms with Crippen LogP contribution in [0.3, 0.4) is 0 Å². The molecule has 2 rings (SSSR count). The number of halogens is 2. The van der Waals surface area contributed by atoms with Crippen molar-refractivity contribution in [3.05, 3.63) is 65.2 Å². The minimum atomic E-state index is -1.05. The number of hydrogen-bond donors (Lipinski definition) is 2. The topological polar surface area (TPSA) is 93.7 Å². The first-order valence-corrected chi connectivity index (χ1v) is 8.17. The highest BCUT2D eigenvalue weighted by atomic mass is 19.1. The molecular formula is C19H18F2N2O5. The van der Waals surface area contributed by atoms with Gasteiger partial charge in [-0.25, -0.2) is 8.78 Å². The number of hydrogen-bond acceptors (Lipinski definition) is 5. The summed E-state index contributed by atoms with van der Waals surface area (Å²) >= 11 is 0. The van der Waals surface area contributed by atoms with Gasteiger partial charge in [-0.1, -0.05) is 12.1 Å². The number of rotatable bonds is 8. The Kier molecular flexibility index (Phi) is 7.44. The van der Waals surface area contributed by atoms with Gasteiger partial charge < -0.3 is 20.1 Å². The zero-order chi connectivity index (χ0) is 20.5. The number of esters is 1. The molecule has 0 bridgehead atoms. The molecule has 7 nitrogen and oxygen atoms in total. The van der Waals surface area contributed by atoms with Crippen LogP contribution in [0.2, 0.25) is 0 Å². The van der Waals surface area contributed by atoms with Gasteiger partial charge in [0, 0.05) is 12.6 Å². The van der Waals surface area contributed by atoms with Gasteiger partial charge in [-0.3, -0.25) is 14.4 Å². The molecule has 2 aromatic carbocycles. The normalized spacial score (nSPS) is 10.1. The summed E-state index contributed by atoms with van der Waals surface area (Å²) < 4.78 is 36.0. The molecule has 0 fully saturated rings. The summed E-state index contributed by atoms with van der Waals surface area (Å²) in [5.41, 5.74) is 0.417. The van der Waals surface area contributed by atoms with Crippen LogP contribution in [0.4, 0.5) is 8.78 Å². The van der Waals surface area contributed by atoms with E-state index in [0.717, 1.165) is 17.7 Å². The van der Waals surface area contributed by atoms with E-state index in [0.29, 0.717) is 11.8 Å². The van der Waals surface area contributed by atoms with Gasteiger partial charge in [0.1, 0.15) is 23.9 Å². The molecule has 2 amide bonds. The summed E-state index contributed by atoms with van der Waals surface area (Å²) in [4.78, 5) is 35.0. The Morgan fingerprint density at radius 3 is 2.36 bits per heavy atom. The smallest absolute Gasteiger partial charge is 0.325 e. The number of methoxy groups -OCH3 is 1. The Hall–Kier alpha value is -3.49. The predicted molar refractivity (Wildman–Crippen MR) is 94.5 cm³/mol. The van der Waals surface area contributed by atoms with E-state index in [1.807, 2.05) is 0 Å². The third kappa shape index (κ3) is 6.35. The van der Waals surface area contributed by atoms with Crippen molar-refractivity contribution < 1.29 is 32.6 Å². The minimum absolute atomic E-state index is 0.237. The van der Waals surface area contributed by atoms with E-state index in [4.69, 9.17) is 9.47 Å². The van der Waals surface area contributed by atoms with Crippen LogP contribution in [-0.2, 0) is 20.9 Å². The Labute approximate surface area is 159 Å². The summed E-state index contributed by atoms with van der Waals surface area (Å²) in [5, 5.41) is 4.70. The summed E-state index contributed by atoms with van der Waals surface area (Å²) in [5.74, 6) is -3.50. The molecule has 0 saturated heterocycles. The fourth-order valence-electron chi connectivity index (χ4n) is 2.11. The molecule has 0 aliphatic carbocycles. The van der Waals surface area contributed by atoms with Crippen LogP contribution in [-0.4, -0.2) is 38.0 Å². The Balaban J connectivity index is 1.69. The average Bonchev–Trinajstić information content (AvgIpc) is 2.69. The first-order chi connectivity index (χ1) is 13.4. The molecule has 2 aromatic rings. The lowest BCUT2D eigenvalue weighted by molar-refractivity contribution is -0.147. The maximum Gasteiger partial charge on any atom is 0.325 e. The third-order valence-electron chi connectivity index (χ3n) is 3.58. The largest absolute Gasteiger partial charge is 0.497 e. The van der Waals surface area contributed by atoms with Crippen LogP contribution in [0, 0.1) is 11.6 Å². The zero-order valence-electron chi connectivity index (χ0n) is 15.0. The molecule has 0 unspecified atom stereocenters. The van der Waals surface area contributed by atoms with E-state index in [1.54, 1.807) is 31.4 Å². The average molecular weight is 392 g/mol. The highest BCUT2D eigenvalue weighted by Gasteiger charge is 2.14. The van der Waals surface area contributed by atoms with E-state index in [9.17, 15) is 23.2 Å². The molecule has 0 saturated carbocycles. The standard InChI is InChI=1S/C19H18F2N2O5/c1-27-14-5-2-12(3-6-14)9-22-17(24)11-28-18(25)10-23-19(26)15-7-4-13(20)8-16(15)21/h2-8H,9-11H2,1H3,(H,22,24)(H,23,26). The highest BCUT2D eigenvalue weighted by Crippen LogP contribution is 2.11. The van der Waals surface area contributed by atoms with Crippen molar-refractivity contribution in [3.8, 4) is 5.75 Å². The monoisotopic (exact) mass is 392 g/mol. The summed E-state index contributed by atoms with van der Waals surface area (Å²) in [7, 11) is 1.55. The first kappa shape index (κ1) is 20.8. The molecule has 0 atom stereocenters. The fourth-order valence-corrected chi connectivity index (χ4v) is 2.11. The second-order valence-electron chi connectivity index (χ2n) is 5.59. The maximum absolute atomic E-state index is 13.5. The number of carbonyl (C=O) groups excluding carboxylic acids is 3. The SMILES string of the molecule is COc1ccc(CNC(=O)COC(=O)CNC(=O)c2ccc(F)cc2F)cc1. The molecule has 0 aromatic heterocycles. The van der Waals surface area contributed by atoms with Crippen molar-refractivity contribution in [2.45, 2.75) is 6.54 Å². The van der Waals surface area contributed by atoms with E-state index >= 15 is 0 Å². The van der Waals surface area contributed by atoms with Gasteiger partial charge in [-0.2, -0.15) is 0 Å². The number of benzene rings is 2. The number of nitrogens with one attached hydrogen (secondary N) is 2. The molecule has 0 heterocycles. The Morgan fingerprint density at radius 2 is 1.71 bits per heavy atom. The third-order valence-corrected chi connectivity index (χ3v) is 3.58. The van der Waals surface area contributed by atoms with Crippen molar-refractivity contribution in [1.29, 1.82) is 0 Å². The van der Waals surface area contributed by atoms with Gasteiger partial charge in [0.05, 0.1) is 12.7 Å². The lowest BCUT2D eigenvalue weighted by atomic mass is 10.2. The Morgan fingerprint density at radius 1 is 1.00 bits per heavy atom. The summed E-state index contributed by atoms with van der Waals surface area (Å²) in [6.45, 7) is -0.863. The second kappa shape index (κ2) is 10.0. The summed E-state index contributed by atoms with van der Waals surface area (Å²) in [6.07, 6.45) is 0. The van der Waals surface area contributed by atoms with Gasteiger partial charge in [0.15, 0.2) is 6.61 Å².